The molecule has 35 heavy (non-hydrogen) atoms. The average molecular weight is 937 g/mol. The SMILES string of the molecule is CC(C)COC(CBr)COc1c(Br)cc(C(C)(C)c2cc(Br)c(OCC(Br)CBr)c(Br)c2)cc1Br. The van der Waals surface area contributed by atoms with Gasteiger partial charge in [-0.25, -0.2) is 0 Å². The highest BCUT2D eigenvalue weighted by atomic mass is 79.9. The van der Waals surface area contributed by atoms with E-state index in [0.717, 1.165) is 51.2 Å². The summed E-state index contributed by atoms with van der Waals surface area (Å²) in [6.45, 7) is 10.4. The Morgan fingerprint density at radius 3 is 1.51 bits per heavy atom. The van der Waals surface area contributed by atoms with Crippen molar-refractivity contribution in [2.24, 2.45) is 5.92 Å². The van der Waals surface area contributed by atoms with Crippen molar-refractivity contribution in [3.05, 3.63) is 53.3 Å². The van der Waals surface area contributed by atoms with Crippen LogP contribution in [0.3, 0.4) is 0 Å². The third-order valence-electron chi connectivity index (χ3n) is 5.27. The second kappa shape index (κ2) is 15.2. The normalized spacial score (nSPS) is 13.7. The molecule has 0 heterocycles. The number of hydrogen-bond acceptors (Lipinski definition) is 3. The van der Waals surface area contributed by atoms with Gasteiger partial charge in [0.2, 0.25) is 0 Å². The Labute approximate surface area is 268 Å². The fourth-order valence-electron chi connectivity index (χ4n) is 3.14. The van der Waals surface area contributed by atoms with Crippen LogP contribution >= 0.6 is 112 Å². The van der Waals surface area contributed by atoms with Gasteiger partial charge in [-0.3, -0.25) is 0 Å². The number of hydrogen-bond donors (Lipinski definition) is 0. The molecule has 0 saturated carbocycles. The van der Waals surface area contributed by atoms with E-state index in [1.54, 1.807) is 0 Å². The lowest BCUT2D eigenvalue weighted by Crippen LogP contribution is -2.25. The molecular weight excluding hydrogens is 908 g/mol. The van der Waals surface area contributed by atoms with Crippen molar-refractivity contribution in [3.63, 3.8) is 0 Å². The Hall–Kier alpha value is 1.36. The summed E-state index contributed by atoms with van der Waals surface area (Å²) < 4.78 is 21.7. The number of rotatable bonds is 13. The molecule has 196 valence electrons. The van der Waals surface area contributed by atoms with Crippen LogP contribution in [0.25, 0.3) is 0 Å². The number of alkyl halides is 3. The summed E-state index contributed by atoms with van der Waals surface area (Å²) in [5, 5.41) is 1.54. The van der Waals surface area contributed by atoms with E-state index in [4.69, 9.17) is 14.2 Å². The zero-order chi connectivity index (χ0) is 26.3. The first kappa shape index (κ1) is 32.6. The summed E-state index contributed by atoms with van der Waals surface area (Å²) in [4.78, 5) is 0.236. The highest BCUT2D eigenvalue weighted by Crippen LogP contribution is 2.44. The minimum absolute atomic E-state index is 0.0166. The second-order valence-electron chi connectivity index (χ2n) is 9.04. The van der Waals surface area contributed by atoms with E-state index in [0.29, 0.717) is 25.7 Å². The summed E-state index contributed by atoms with van der Waals surface area (Å²) in [7, 11) is 0. The first-order valence-electron chi connectivity index (χ1n) is 11.0. The highest BCUT2D eigenvalue weighted by Gasteiger charge is 2.27. The van der Waals surface area contributed by atoms with E-state index in [9.17, 15) is 0 Å². The Kier molecular flexibility index (Phi) is 14.2. The van der Waals surface area contributed by atoms with E-state index in [-0.39, 0.29) is 16.3 Å². The van der Waals surface area contributed by atoms with E-state index < -0.39 is 0 Å². The zero-order valence-electron chi connectivity index (χ0n) is 19.9. The molecule has 0 saturated heterocycles. The smallest absolute Gasteiger partial charge is 0.147 e. The summed E-state index contributed by atoms with van der Waals surface area (Å²) in [6, 6.07) is 8.48. The maximum absolute atomic E-state index is 6.15. The predicted molar refractivity (Wildman–Crippen MR) is 172 cm³/mol. The molecule has 10 heteroatoms. The standard InChI is InChI=1S/C25H29Br7O3/c1-14(2)11-33-18(10-27)13-35-24-21(31)7-16(8-22(24)32)25(3,4)15-5-19(29)23(20(30)6-15)34-12-17(28)9-26/h5-8,14,17-18H,9-13H2,1-4H3. The molecule has 2 aromatic carbocycles. The quantitative estimate of drug-likeness (QED) is 0.187. The molecule has 2 rings (SSSR count). The van der Waals surface area contributed by atoms with Crippen molar-refractivity contribution >= 4 is 112 Å². The van der Waals surface area contributed by atoms with Crippen LogP contribution in [0.1, 0.15) is 38.8 Å². The molecule has 0 aliphatic heterocycles. The average Bonchev–Trinajstić information content (AvgIpc) is 2.79. The van der Waals surface area contributed by atoms with Crippen LogP contribution in [0.15, 0.2) is 42.2 Å². The van der Waals surface area contributed by atoms with Crippen molar-refractivity contribution in [1.29, 1.82) is 0 Å². The molecule has 0 fully saturated rings. The minimum atomic E-state index is -0.278. The van der Waals surface area contributed by atoms with Gasteiger partial charge in [-0.15, -0.1) is 0 Å². The molecule has 0 N–H and O–H groups in total. The van der Waals surface area contributed by atoms with Crippen LogP contribution in [0.2, 0.25) is 0 Å². The van der Waals surface area contributed by atoms with Gasteiger partial charge in [-0.2, -0.15) is 0 Å². The lowest BCUT2D eigenvalue weighted by Gasteiger charge is -2.28. The Bertz CT molecular complexity index is 936. The second-order valence-corrected chi connectivity index (χ2v) is 15.0. The number of ether oxygens (including phenoxy) is 3. The van der Waals surface area contributed by atoms with Gasteiger partial charge in [0.1, 0.15) is 30.8 Å². The first-order valence-corrected chi connectivity index (χ1v) is 17.4. The van der Waals surface area contributed by atoms with Crippen LogP contribution in [0, 0.1) is 5.92 Å². The van der Waals surface area contributed by atoms with Crippen LogP contribution < -0.4 is 9.47 Å². The number of halogens is 7. The Morgan fingerprint density at radius 1 is 0.714 bits per heavy atom. The van der Waals surface area contributed by atoms with Gasteiger partial charge in [0, 0.05) is 22.7 Å². The molecule has 0 amide bonds. The maximum atomic E-state index is 6.15. The van der Waals surface area contributed by atoms with Gasteiger partial charge < -0.3 is 14.2 Å². The Balaban J connectivity index is 2.25. The minimum Gasteiger partial charge on any atom is -0.490 e. The predicted octanol–water partition coefficient (Wildman–Crippen LogP) is 10.4. The van der Waals surface area contributed by atoms with Crippen molar-refractivity contribution in [3.8, 4) is 11.5 Å². The van der Waals surface area contributed by atoms with E-state index >= 15 is 0 Å². The molecule has 2 aromatic rings. The number of benzene rings is 2. The van der Waals surface area contributed by atoms with Gasteiger partial charge in [0.05, 0.1) is 22.7 Å². The summed E-state index contributed by atoms with van der Waals surface area (Å²) in [6.07, 6.45) is -0.0166. The van der Waals surface area contributed by atoms with Gasteiger partial charge in [0.15, 0.2) is 0 Å². The van der Waals surface area contributed by atoms with Crippen LogP contribution in [0.5, 0.6) is 11.5 Å². The summed E-state index contributed by atoms with van der Waals surface area (Å²) >= 11 is 25.4. The lowest BCUT2D eigenvalue weighted by atomic mass is 9.78. The first-order chi connectivity index (χ1) is 16.4. The van der Waals surface area contributed by atoms with E-state index in [1.807, 2.05) is 0 Å². The lowest BCUT2D eigenvalue weighted by molar-refractivity contribution is 0.0214. The topological polar surface area (TPSA) is 27.7 Å². The van der Waals surface area contributed by atoms with Crippen molar-refractivity contribution in [2.45, 2.75) is 44.0 Å². The fraction of sp³-hybridized carbons (Fsp3) is 0.520. The maximum Gasteiger partial charge on any atom is 0.147 e. The summed E-state index contributed by atoms with van der Waals surface area (Å²) in [5.74, 6) is 2.04. The van der Waals surface area contributed by atoms with Gasteiger partial charge in [0.25, 0.3) is 0 Å². The zero-order valence-corrected chi connectivity index (χ0v) is 31.0. The monoisotopic (exact) mass is 930 g/mol. The van der Waals surface area contributed by atoms with Gasteiger partial charge in [-0.05, 0) is 105 Å². The third kappa shape index (κ3) is 9.50. The van der Waals surface area contributed by atoms with E-state index in [2.05, 4.69) is 163 Å². The molecule has 2 atom stereocenters. The molecule has 0 aromatic heterocycles. The Morgan fingerprint density at radius 2 is 1.14 bits per heavy atom. The molecule has 0 aliphatic rings. The molecule has 2 unspecified atom stereocenters. The third-order valence-corrected chi connectivity index (χ3v) is 10.6. The summed E-state index contributed by atoms with van der Waals surface area (Å²) in [5.41, 5.74) is 2.01. The fourth-order valence-corrected chi connectivity index (χ4v) is 6.67. The molecule has 0 spiro atoms. The van der Waals surface area contributed by atoms with Crippen LogP contribution in [-0.4, -0.2) is 41.4 Å². The highest BCUT2D eigenvalue weighted by molar-refractivity contribution is 9.12. The van der Waals surface area contributed by atoms with Crippen LogP contribution in [-0.2, 0) is 10.2 Å². The molecule has 0 aliphatic carbocycles. The molecule has 0 bridgehead atoms. The van der Waals surface area contributed by atoms with Crippen LogP contribution in [0.4, 0.5) is 0 Å². The molecule has 0 radical (unpaired) electrons. The molecular formula is C25H29Br7O3. The van der Waals surface area contributed by atoms with Gasteiger partial charge in [-0.1, -0.05) is 75.5 Å². The van der Waals surface area contributed by atoms with Gasteiger partial charge >= 0.3 is 0 Å². The van der Waals surface area contributed by atoms with E-state index in [1.165, 1.54) is 0 Å². The molecule has 3 nitrogen and oxygen atoms in total. The largest absolute Gasteiger partial charge is 0.490 e. The van der Waals surface area contributed by atoms with Crippen molar-refractivity contribution in [2.75, 3.05) is 30.5 Å². The van der Waals surface area contributed by atoms with Crippen molar-refractivity contribution in [1.82, 2.24) is 0 Å². The van der Waals surface area contributed by atoms with Crippen molar-refractivity contribution < 1.29 is 14.2 Å².